The lowest BCUT2D eigenvalue weighted by atomic mass is 10.2. The third-order valence-corrected chi connectivity index (χ3v) is 1.18. The van der Waals surface area contributed by atoms with Gasteiger partial charge in [-0.1, -0.05) is 12.2 Å². The van der Waals surface area contributed by atoms with Crippen LogP contribution in [-0.2, 0) is 0 Å². The summed E-state index contributed by atoms with van der Waals surface area (Å²) >= 11 is 0. The van der Waals surface area contributed by atoms with Crippen LogP contribution in [0.15, 0.2) is 12.2 Å². The molecule has 0 nitrogen and oxygen atoms in total. The van der Waals surface area contributed by atoms with E-state index in [-0.39, 0.29) is 0 Å². The van der Waals surface area contributed by atoms with Crippen LogP contribution < -0.4 is 0 Å². The molecule has 0 unspecified atom stereocenters. The molecular formula is C9H14. The molecule has 0 spiro atoms. The van der Waals surface area contributed by atoms with Gasteiger partial charge in [-0.05, 0) is 26.2 Å². The van der Waals surface area contributed by atoms with Crippen molar-refractivity contribution in [2.24, 2.45) is 0 Å². The molecule has 0 radical (unpaired) electrons. The summed E-state index contributed by atoms with van der Waals surface area (Å²) in [6, 6.07) is 0. The summed E-state index contributed by atoms with van der Waals surface area (Å²) in [5.74, 6) is 2.62. The minimum absolute atomic E-state index is 0.928. The Labute approximate surface area is 58.0 Å². The van der Waals surface area contributed by atoms with Crippen molar-refractivity contribution >= 4 is 0 Å². The molecule has 0 aliphatic rings. The first-order chi connectivity index (χ1) is 4.41. The van der Waals surface area contributed by atoms with Crippen LogP contribution in [-0.4, -0.2) is 0 Å². The summed E-state index contributed by atoms with van der Waals surface area (Å²) in [5.41, 5.74) is 0. The van der Waals surface area contributed by atoms with Crippen LogP contribution in [0.3, 0.4) is 0 Å². The van der Waals surface area contributed by atoms with Crippen molar-refractivity contribution in [3.63, 3.8) is 0 Å². The molecule has 0 aliphatic heterocycles. The summed E-state index contributed by atoms with van der Waals surface area (Å²) in [5, 5.41) is 0. The number of rotatable bonds is 4. The molecule has 0 aromatic carbocycles. The monoisotopic (exact) mass is 122 g/mol. The Morgan fingerprint density at radius 3 is 2.78 bits per heavy atom. The van der Waals surface area contributed by atoms with Gasteiger partial charge in [-0.15, -0.1) is 12.3 Å². The van der Waals surface area contributed by atoms with E-state index < -0.39 is 0 Å². The fourth-order valence-electron chi connectivity index (χ4n) is 0.656. The van der Waals surface area contributed by atoms with Gasteiger partial charge in [-0.2, -0.15) is 0 Å². The van der Waals surface area contributed by atoms with Crippen molar-refractivity contribution in [3.05, 3.63) is 12.2 Å². The summed E-state index contributed by atoms with van der Waals surface area (Å²) in [7, 11) is 0. The van der Waals surface area contributed by atoms with E-state index in [0.29, 0.717) is 0 Å². The Morgan fingerprint density at radius 1 is 1.44 bits per heavy atom. The number of allylic oxidation sites excluding steroid dienone is 2. The molecule has 0 bridgehead atoms. The quantitative estimate of drug-likeness (QED) is 0.305. The molecule has 0 saturated carbocycles. The summed E-state index contributed by atoms with van der Waals surface area (Å²) < 4.78 is 0. The highest BCUT2D eigenvalue weighted by molar-refractivity contribution is 4.84. The number of hydrogen-bond acceptors (Lipinski definition) is 0. The molecule has 0 rings (SSSR count). The molecule has 0 saturated heterocycles. The van der Waals surface area contributed by atoms with Gasteiger partial charge in [0.1, 0.15) is 0 Å². The molecule has 0 fully saturated rings. The fraction of sp³-hybridized carbons (Fsp3) is 0.556. The van der Waals surface area contributed by atoms with Gasteiger partial charge in [0.2, 0.25) is 0 Å². The first kappa shape index (κ1) is 8.30. The van der Waals surface area contributed by atoms with Crippen LogP contribution in [0.5, 0.6) is 0 Å². The van der Waals surface area contributed by atoms with Gasteiger partial charge in [0.15, 0.2) is 0 Å². The molecule has 0 heteroatoms. The first-order valence-electron chi connectivity index (χ1n) is 3.46. The number of terminal acetylenes is 1. The van der Waals surface area contributed by atoms with Gasteiger partial charge in [-0.25, -0.2) is 0 Å². The van der Waals surface area contributed by atoms with E-state index in [9.17, 15) is 0 Å². The van der Waals surface area contributed by atoms with Gasteiger partial charge in [-0.3, -0.25) is 0 Å². The van der Waals surface area contributed by atoms with Crippen molar-refractivity contribution in [1.29, 1.82) is 0 Å². The van der Waals surface area contributed by atoms with Crippen LogP contribution in [0.1, 0.15) is 32.6 Å². The summed E-state index contributed by atoms with van der Waals surface area (Å²) in [4.78, 5) is 0. The minimum atomic E-state index is 0.928. The maximum atomic E-state index is 5.08. The molecule has 0 heterocycles. The molecule has 0 amide bonds. The Hall–Kier alpha value is -0.700. The van der Waals surface area contributed by atoms with Crippen molar-refractivity contribution in [3.8, 4) is 12.3 Å². The van der Waals surface area contributed by atoms with E-state index in [1.54, 1.807) is 0 Å². The van der Waals surface area contributed by atoms with Crippen LogP contribution in [0.2, 0.25) is 0 Å². The van der Waals surface area contributed by atoms with Crippen LogP contribution in [0.4, 0.5) is 0 Å². The second-order valence-electron chi connectivity index (χ2n) is 2.02. The predicted octanol–water partition coefficient (Wildman–Crippen LogP) is 2.76. The second kappa shape index (κ2) is 7.30. The smallest absolute Gasteiger partial charge is 0.00861 e. The largest absolute Gasteiger partial charge is 0.120 e. The lowest BCUT2D eigenvalue weighted by molar-refractivity contribution is 0.772. The summed E-state index contributed by atoms with van der Waals surface area (Å²) in [6.07, 6.45) is 13.8. The molecular weight excluding hydrogens is 108 g/mol. The Kier molecular flexibility index (Phi) is 6.73. The lowest BCUT2D eigenvalue weighted by Crippen LogP contribution is -1.70. The average molecular weight is 122 g/mol. The molecule has 0 N–H and O–H groups in total. The van der Waals surface area contributed by atoms with Crippen LogP contribution in [0.25, 0.3) is 0 Å². The molecule has 9 heavy (non-hydrogen) atoms. The zero-order valence-electron chi connectivity index (χ0n) is 6.06. The van der Waals surface area contributed by atoms with Gasteiger partial charge < -0.3 is 0 Å². The highest BCUT2D eigenvalue weighted by Gasteiger charge is 1.80. The third kappa shape index (κ3) is 7.30. The fourth-order valence-corrected chi connectivity index (χ4v) is 0.656. The molecule has 0 aliphatic carbocycles. The van der Waals surface area contributed by atoms with E-state index in [4.69, 9.17) is 6.42 Å². The highest BCUT2D eigenvalue weighted by atomic mass is 13.9. The van der Waals surface area contributed by atoms with E-state index in [2.05, 4.69) is 18.1 Å². The zero-order valence-corrected chi connectivity index (χ0v) is 6.06. The van der Waals surface area contributed by atoms with E-state index >= 15 is 0 Å². The highest BCUT2D eigenvalue weighted by Crippen LogP contribution is 1.98. The molecule has 50 valence electrons. The normalized spacial score (nSPS) is 9.78. The maximum absolute atomic E-state index is 5.08. The second-order valence-corrected chi connectivity index (χ2v) is 2.02. The average Bonchev–Trinajstić information content (AvgIpc) is 1.89. The maximum Gasteiger partial charge on any atom is 0.00861 e. The third-order valence-electron chi connectivity index (χ3n) is 1.18. The van der Waals surface area contributed by atoms with E-state index in [1.807, 2.05) is 6.92 Å². The number of hydrogen-bond donors (Lipinski definition) is 0. The Balaban J connectivity index is 2.85. The lowest BCUT2D eigenvalue weighted by Gasteiger charge is -1.88. The van der Waals surface area contributed by atoms with Gasteiger partial charge >= 0.3 is 0 Å². The minimum Gasteiger partial charge on any atom is -0.120 e. The van der Waals surface area contributed by atoms with Crippen LogP contribution >= 0.6 is 0 Å². The van der Waals surface area contributed by atoms with Gasteiger partial charge in [0, 0.05) is 6.42 Å². The standard InChI is InChI=1S/C9H14/c1-3-5-7-9-8-6-4-2/h1,4,6H,5,7-9H2,2H3/b6-4+. The van der Waals surface area contributed by atoms with Crippen molar-refractivity contribution in [1.82, 2.24) is 0 Å². The molecule has 0 aromatic rings. The summed E-state index contributed by atoms with van der Waals surface area (Å²) in [6.45, 7) is 2.04. The Morgan fingerprint density at radius 2 is 2.22 bits per heavy atom. The predicted molar refractivity (Wildman–Crippen MR) is 42.1 cm³/mol. The molecule has 0 atom stereocenters. The van der Waals surface area contributed by atoms with Crippen molar-refractivity contribution in [2.75, 3.05) is 0 Å². The zero-order chi connectivity index (χ0) is 6.95. The van der Waals surface area contributed by atoms with E-state index in [0.717, 1.165) is 6.42 Å². The van der Waals surface area contributed by atoms with Crippen molar-refractivity contribution in [2.45, 2.75) is 32.6 Å². The van der Waals surface area contributed by atoms with Gasteiger partial charge in [0.25, 0.3) is 0 Å². The van der Waals surface area contributed by atoms with Crippen molar-refractivity contribution < 1.29 is 0 Å². The molecule has 0 aromatic heterocycles. The Bertz CT molecular complexity index is 104. The topological polar surface area (TPSA) is 0 Å². The van der Waals surface area contributed by atoms with Crippen LogP contribution in [0, 0.1) is 12.3 Å². The first-order valence-corrected chi connectivity index (χ1v) is 3.46. The SMILES string of the molecule is C#CCCCC/C=C/C. The van der Waals surface area contributed by atoms with Gasteiger partial charge in [0.05, 0.1) is 0 Å². The van der Waals surface area contributed by atoms with E-state index in [1.165, 1.54) is 19.3 Å². The number of unbranched alkanes of at least 4 members (excludes halogenated alkanes) is 3.